The van der Waals surface area contributed by atoms with E-state index in [1.807, 2.05) is 20.8 Å². The molecule has 1 aromatic heterocycles. The summed E-state index contributed by atoms with van der Waals surface area (Å²) in [6.07, 6.45) is 1.96. The molecule has 0 aliphatic heterocycles. The molecule has 5 nitrogen and oxygen atoms in total. The van der Waals surface area contributed by atoms with Crippen molar-refractivity contribution in [1.29, 1.82) is 0 Å². The molecule has 0 spiro atoms. The van der Waals surface area contributed by atoms with E-state index in [4.69, 9.17) is 0 Å². The van der Waals surface area contributed by atoms with Crippen molar-refractivity contribution in [3.05, 3.63) is 17.1 Å². The van der Waals surface area contributed by atoms with Crippen LogP contribution in [0.1, 0.15) is 30.9 Å². The number of hydrogen-bond acceptors (Lipinski definition) is 5. The Morgan fingerprint density at radius 1 is 1.24 bits per heavy atom. The Balaban J connectivity index is 3.20. The predicted molar refractivity (Wildman–Crippen MR) is 68.9 cm³/mol. The third kappa shape index (κ3) is 3.96. The van der Waals surface area contributed by atoms with E-state index in [2.05, 4.69) is 15.3 Å². The average Bonchev–Trinajstić information content (AvgIpc) is 2.20. The van der Waals surface area contributed by atoms with Gasteiger partial charge < -0.3 is 5.32 Å². The summed E-state index contributed by atoms with van der Waals surface area (Å²) in [7, 11) is -3.10. The van der Waals surface area contributed by atoms with Crippen LogP contribution >= 0.6 is 0 Å². The van der Waals surface area contributed by atoms with Crippen molar-refractivity contribution in [3.8, 4) is 0 Å². The van der Waals surface area contributed by atoms with Crippen molar-refractivity contribution < 1.29 is 8.42 Å². The molecule has 17 heavy (non-hydrogen) atoms. The Morgan fingerprint density at radius 2 is 1.88 bits per heavy atom. The zero-order valence-electron chi connectivity index (χ0n) is 10.7. The van der Waals surface area contributed by atoms with Crippen molar-refractivity contribution in [1.82, 2.24) is 9.97 Å². The number of nitrogens with one attached hydrogen (secondary N) is 1. The first-order valence-electron chi connectivity index (χ1n) is 5.65. The highest BCUT2D eigenvalue weighted by Crippen LogP contribution is 2.16. The number of rotatable bonds is 5. The van der Waals surface area contributed by atoms with Crippen molar-refractivity contribution >= 4 is 15.7 Å². The first-order valence-corrected chi connectivity index (χ1v) is 7.71. The minimum absolute atomic E-state index is 0.112. The average molecular weight is 257 g/mol. The fraction of sp³-hybridized carbons (Fsp3) is 0.636. The fourth-order valence-electron chi connectivity index (χ4n) is 1.60. The first-order chi connectivity index (χ1) is 7.87. The second-order valence-corrected chi connectivity index (χ2v) is 6.15. The van der Waals surface area contributed by atoms with Gasteiger partial charge in [0.2, 0.25) is 0 Å². The van der Waals surface area contributed by atoms with Gasteiger partial charge in [0.05, 0.1) is 0 Å². The lowest BCUT2D eigenvalue weighted by molar-refractivity contribution is 0.599. The summed E-state index contributed by atoms with van der Waals surface area (Å²) in [4.78, 5) is 8.54. The van der Waals surface area contributed by atoms with Crippen LogP contribution < -0.4 is 5.32 Å². The molecule has 0 aliphatic rings. The molecule has 1 N–H and O–H groups in total. The standard InChI is InChI=1S/C11H19N3O2S/c1-5-9-8(3)11(12-6-2)14-10(13-9)7-17(4,15)16/h5-7H2,1-4H3,(H,12,13,14). The maximum absolute atomic E-state index is 11.3. The minimum Gasteiger partial charge on any atom is -0.370 e. The van der Waals surface area contributed by atoms with Gasteiger partial charge in [-0.3, -0.25) is 0 Å². The second kappa shape index (κ2) is 5.44. The van der Waals surface area contributed by atoms with E-state index in [-0.39, 0.29) is 5.75 Å². The summed E-state index contributed by atoms with van der Waals surface area (Å²) in [6, 6.07) is 0. The maximum Gasteiger partial charge on any atom is 0.154 e. The SMILES string of the molecule is CCNc1nc(CS(C)(=O)=O)nc(CC)c1C. The number of sulfone groups is 1. The van der Waals surface area contributed by atoms with Gasteiger partial charge in [0.15, 0.2) is 9.84 Å². The molecule has 0 amide bonds. The molecule has 6 heteroatoms. The van der Waals surface area contributed by atoms with Crippen molar-refractivity contribution in [3.63, 3.8) is 0 Å². The Morgan fingerprint density at radius 3 is 2.35 bits per heavy atom. The number of anilines is 1. The Kier molecular flexibility index (Phi) is 4.45. The molecular weight excluding hydrogens is 238 g/mol. The van der Waals surface area contributed by atoms with E-state index in [9.17, 15) is 8.42 Å². The van der Waals surface area contributed by atoms with Gasteiger partial charge in [0, 0.05) is 24.1 Å². The zero-order valence-corrected chi connectivity index (χ0v) is 11.6. The second-order valence-electron chi connectivity index (χ2n) is 4.01. The normalized spacial score (nSPS) is 11.5. The molecule has 0 unspecified atom stereocenters. The van der Waals surface area contributed by atoms with Crippen LogP contribution in [0.25, 0.3) is 0 Å². The Hall–Kier alpha value is -1.17. The number of aromatic nitrogens is 2. The summed E-state index contributed by atoms with van der Waals surface area (Å²) >= 11 is 0. The number of hydrogen-bond donors (Lipinski definition) is 1. The van der Waals surface area contributed by atoms with E-state index in [1.165, 1.54) is 6.26 Å². The lowest BCUT2D eigenvalue weighted by atomic mass is 10.2. The van der Waals surface area contributed by atoms with Gasteiger partial charge in [-0.25, -0.2) is 18.4 Å². The highest BCUT2D eigenvalue weighted by molar-refractivity contribution is 7.89. The van der Waals surface area contributed by atoms with Gasteiger partial charge in [0.25, 0.3) is 0 Å². The fourth-order valence-corrected chi connectivity index (χ4v) is 2.20. The van der Waals surface area contributed by atoms with E-state index in [0.717, 1.165) is 30.0 Å². The maximum atomic E-state index is 11.3. The largest absolute Gasteiger partial charge is 0.370 e. The molecule has 0 saturated carbocycles. The third-order valence-corrected chi connectivity index (χ3v) is 3.15. The summed E-state index contributed by atoms with van der Waals surface area (Å²) in [6.45, 7) is 6.67. The molecule has 96 valence electrons. The monoisotopic (exact) mass is 257 g/mol. The van der Waals surface area contributed by atoms with Crippen LogP contribution in [0.4, 0.5) is 5.82 Å². The smallest absolute Gasteiger partial charge is 0.154 e. The van der Waals surface area contributed by atoms with Crippen LogP contribution in [0.5, 0.6) is 0 Å². The van der Waals surface area contributed by atoms with Gasteiger partial charge in [0.1, 0.15) is 17.4 Å². The Bertz CT molecular complexity index is 498. The van der Waals surface area contributed by atoms with Gasteiger partial charge in [-0.05, 0) is 20.3 Å². The van der Waals surface area contributed by atoms with Gasteiger partial charge in [-0.15, -0.1) is 0 Å². The molecule has 0 radical (unpaired) electrons. The number of nitrogens with zero attached hydrogens (tertiary/aromatic N) is 2. The third-order valence-electron chi connectivity index (χ3n) is 2.36. The molecular formula is C11H19N3O2S. The quantitative estimate of drug-likeness (QED) is 0.861. The van der Waals surface area contributed by atoms with Gasteiger partial charge in [-0.1, -0.05) is 6.92 Å². The van der Waals surface area contributed by atoms with Gasteiger partial charge in [-0.2, -0.15) is 0 Å². The van der Waals surface area contributed by atoms with Crippen molar-refractivity contribution in [2.24, 2.45) is 0 Å². The summed E-state index contributed by atoms with van der Waals surface area (Å²) in [5.74, 6) is 0.988. The minimum atomic E-state index is -3.10. The molecule has 0 aliphatic carbocycles. The van der Waals surface area contributed by atoms with E-state index < -0.39 is 9.84 Å². The molecule has 0 bridgehead atoms. The molecule has 1 rings (SSSR count). The van der Waals surface area contributed by atoms with Crippen LogP contribution in [0.3, 0.4) is 0 Å². The summed E-state index contributed by atoms with van der Waals surface area (Å²) in [5.41, 5.74) is 1.89. The highest BCUT2D eigenvalue weighted by Gasteiger charge is 2.13. The molecule has 1 heterocycles. The van der Waals surface area contributed by atoms with Crippen LogP contribution in [0, 0.1) is 6.92 Å². The van der Waals surface area contributed by atoms with E-state index >= 15 is 0 Å². The van der Waals surface area contributed by atoms with E-state index in [1.54, 1.807) is 0 Å². The zero-order chi connectivity index (χ0) is 13.1. The van der Waals surface area contributed by atoms with Crippen LogP contribution in [0.2, 0.25) is 0 Å². The molecule has 0 fully saturated rings. The van der Waals surface area contributed by atoms with Crippen LogP contribution in [0.15, 0.2) is 0 Å². The first kappa shape index (κ1) is 13.9. The highest BCUT2D eigenvalue weighted by atomic mass is 32.2. The molecule has 0 saturated heterocycles. The van der Waals surface area contributed by atoms with Gasteiger partial charge >= 0.3 is 0 Å². The number of aryl methyl sites for hydroxylation is 1. The molecule has 0 atom stereocenters. The van der Waals surface area contributed by atoms with Crippen molar-refractivity contribution in [2.45, 2.75) is 32.9 Å². The van der Waals surface area contributed by atoms with Crippen LogP contribution in [-0.2, 0) is 22.0 Å². The topological polar surface area (TPSA) is 72.0 Å². The van der Waals surface area contributed by atoms with Crippen molar-refractivity contribution in [2.75, 3.05) is 18.1 Å². The Labute approximate surface area is 103 Å². The lowest BCUT2D eigenvalue weighted by Crippen LogP contribution is -2.12. The lowest BCUT2D eigenvalue weighted by Gasteiger charge is -2.11. The van der Waals surface area contributed by atoms with Crippen LogP contribution in [-0.4, -0.2) is 31.2 Å². The predicted octanol–water partition coefficient (Wildman–Crippen LogP) is 1.32. The van der Waals surface area contributed by atoms with E-state index in [0.29, 0.717) is 5.82 Å². The molecule has 0 aromatic carbocycles. The summed E-state index contributed by atoms with van der Waals surface area (Å²) < 4.78 is 22.5. The molecule has 1 aromatic rings. The summed E-state index contributed by atoms with van der Waals surface area (Å²) in [5, 5.41) is 3.13.